The maximum absolute atomic E-state index is 12.5. The number of hydrogen-bond donors (Lipinski definition) is 1. The van der Waals surface area contributed by atoms with E-state index in [9.17, 15) is 4.79 Å². The summed E-state index contributed by atoms with van der Waals surface area (Å²) in [5.74, 6) is 1.07. The molecule has 0 saturated carbocycles. The van der Waals surface area contributed by atoms with Crippen molar-refractivity contribution >= 4 is 34.2 Å². The number of amides is 1. The van der Waals surface area contributed by atoms with E-state index < -0.39 is 0 Å². The van der Waals surface area contributed by atoms with Crippen molar-refractivity contribution in [3.8, 4) is 11.3 Å². The van der Waals surface area contributed by atoms with Crippen LogP contribution in [0.2, 0.25) is 0 Å². The molecule has 1 aliphatic heterocycles. The van der Waals surface area contributed by atoms with Crippen LogP contribution in [0, 0.1) is 3.57 Å². The van der Waals surface area contributed by atoms with Gasteiger partial charge in [0.05, 0.1) is 11.3 Å². The van der Waals surface area contributed by atoms with E-state index in [-0.39, 0.29) is 5.91 Å². The lowest BCUT2D eigenvalue weighted by molar-refractivity contribution is 0.102. The minimum absolute atomic E-state index is 0.0914. The maximum atomic E-state index is 12.5. The van der Waals surface area contributed by atoms with Crippen molar-refractivity contribution in [2.24, 2.45) is 0 Å². The minimum atomic E-state index is -0.0914. The number of halogens is 1. The highest BCUT2D eigenvalue weighted by Crippen LogP contribution is 2.25. The van der Waals surface area contributed by atoms with Gasteiger partial charge in [0.2, 0.25) is 0 Å². The molecule has 0 bridgehead atoms. The monoisotopic (exact) mass is 443 g/mol. The number of carbonyl (C=O) groups excluding carboxylic acids is 1. The molecule has 1 aromatic heterocycles. The van der Waals surface area contributed by atoms with E-state index >= 15 is 0 Å². The number of imidazole rings is 1. The van der Waals surface area contributed by atoms with Gasteiger partial charge in [0.25, 0.3) is 5.91 Å². The summed E-state index contributed by atoms with van der Waals surface area (Å²) in [7, 11) is 0. The third kappa shape index (κ3) is 3.46. The summed E-state index contributed by atoms with van der Waals surface area (Å²) in [4.78, 5) is 17.3. The zero-order chi connectivity index (χ0) is 17.2. The van der Waals surface area contributed by atoms with Gasteiger partial charge in [0.1, 0.15) is 5.82 Å². The number of rotatable bonds is 3. The lowest BCUT2D eigenvalue weighted by Gasteiger charge is -2.11. The Balaban J connectivity index is 1.58. The summed E-state index contributed by atoms with van der Waals surface area (Å²) in [6.07, 6.45) is 5.59. The molecule has 3 aromatic rings. The first-order chi connectivity index (χ1) is 12.2. The maximum Gasteiger partial charge on any atom is 0.256 e. The summed E-state index contributed by atoms with van der Waals surface area (Å²) < 4.78 is 3.19. The van der Waals surface area contributed by atoms with Crippen LogP contribution in [0.3, 0.4) is 0 Å². The van der Waals surface area contributed by atoms with Gasteiger partial charge in [-0.2, -0.15) is 0 Å². The van der Waals surface area contributed by atoms with E-state index in [0.717, 1.165) is 39.3 Å². The number of fused-ring (bicyclic) bond motifs is 1. The average molecular weight is 443 g/mol. The van der Waals surface area contributed by atoms with E-state index in [1.54, 1.807) is 0 Å². The third-order valence-electron chi connectivity index (χ3n) is 4.44. The molecule has 0 radical (unpaired) electrons. The number of aromatic nitrogens is 2. The second-order valence-corrected chi connectivity index (χ2v) is 7.37. The van der Waals surface area contributed by atoms with Gasteiger partial charge in [-0.25, -0.2) is 4.98 Å². The molecule has 0 atom stereocenters. The number of carbonyl (C=O) groups is 1. The first-order valence-corrected chi connectivity index (χ1v) is 9.51. The summed E-state index contributed by atoms with van der Waals surface area (Å²) in [6, 6.07) is 15.5. The van der Waals surface area contributed by atoms with E-state index in [0.29, 0.717) is 5.56 Å². The van der Waals surface area contributed by atoms with Crippen LogP contribution in [0.4, 0.5) is 5.69 Å². The number of nitrogens with zero attached hydrogens (tertiary/aromatic N) is 2. The molecule has 2 aromatic carbocycles. The Morgan fingerprint density at radius 3 is 2.84 bits per heavy atom. The molecule has 1 aliphatic rings. The molecule has 4 rings (SSSR count). The zero-order valence-corrected chi connectivity index (χ0v) is 15.9. The highest BCUT2D eigenvalue weighted by atomic mass is 127. The molecular weight excluding hydrogens is 425 g/mol. The van der Waals surface area contributed by atoms with Crippen LogP contribution >= 0.6 is 22.6 Å². The van der Waals surface area contributed by atoms with Crippen molar-refractivity contribution < 1.29 is 4.79 Å². The molecule has 0 saturated heterocycles. The third-order valence-corrected chi connectivity index (χ3v) is 5.38. The topological polar surface area (TPSA) is 46.9 Å². The Kier molecular flexibility index (Phi) is 4.57. The van der Waals surface area contributed by atoms with Gasteiger partial charge >= 0.3 is 0 Å². The first-order valence-electron chi connectivity index (χ1n) is 8.43. The van der Waals surface area contributed by atoms with E-state index in [1.165, 1.54) is 12.8 Å². The quantitative estimate of drug-likeness (QED) is 0.595. The summed E-state index contributed by atoms with van der Waals surface area (Å²) >= 11 is 2.18. The van der Waals surface area contributed by atoms with E-state index in [4.69, 9.17) is 4.98 Å². The molecule has 1 N–H and O–H groups in total. The smallest absolute Gasteiger partial charge is 0.256 e. The van der Waals surface area contributed by atoms with E-state index in [1.807, 2.05) is 48.5 Å². The van der Waals surface area contributed by atoms with E-state index in [2.05, 4.69) is 38.7 Å². The van der Waals surface area contributed by atoms with Crippen LogP contribution in [-0.2, 0) is 13.0 Å². The molecular formula is C20H18IN3O. The molecule has 5 heteroatoms. The molecule has 1 amide bonds. The number of nitrogens with one attached hydrogen (secondary N) is 1. The predicted octanol–water partition coefficient (Wildman–Crippen LogP) is 4.74. The van der Waals surface area contributed by atoms with Crippen molar-refractivity contribution in [2.75, 3.05) is 5.32 Å². The van der Waals surface area contributed by atoms with Gasteiger partial charge in [-0.05, 0) is 59.7 Å². The Morgan fingerprint density at radius 2 is 2.00 bits per heavy atom. The fraction of sp³-hybridized carbons (Fsp3) is 0.200. The van der Waals surface area contributed by atoms with Gasteiger partial charge < -0.3 is 9.88 Å². The molecule has 4 nitrogen and oxygen atoms in total. The molecule has 126 valence electrons. The molecule has 2 heterocycles. The highest BCUT2D eigenvalue weighted by Gasteiger charge is 2.14. The zero-order valence-electron chi connectivity index (χ0n) is 13.7. The Labute approximate surface area is 160 Å². The Bertz CT molecular complexity index is 909. The Hall–Kier alpha value is -2.15. The van der Waals surface area contributed by atoms with Gasteiger partial charge in [0.15, 0.2) is 0 Å². The lowest BCUT2D eigenvalue weighted by atomic mass is 10.1. The second-order valence-electron chi connectivity index (χ2n) is 6.21. The second kappa shape index (κ2) is 7.00. The first kappa shape index (κ1) is 16.3. The van der Waals surface area contributed by atoms with Crippen LogP contribution in [0.15, 0.2) is 54.7 Å². The molecule has 25 heavy (non-hydrogen) atoms. The van der Waals surface area contributed by atoms with Crippen molar-refractivity contribution in [1.82, 2.24) is 9.55 Å². The van der Waals surface area contributed by atoms with Crippen molar-refractivity contribution in [1.29, 1.82) is 0 Å². The van der Waals surface area contributed by atoms with Crippen molar-refractivity contribution in [3.63, 3.8) is 0 Å². The normalized spacial score (nSPS) is 13.3. The molecule has 0 spiro atoms. The minimum Gasteiger partial charge on any atom is -0.334 e. The van der Waals surface area contributed by atoms with Gasteiger partial charge in [-0.1, -0.05) is 24.3 Å². The molecule has 0 unspecified atom stereocenters. The number of aryl methyl sites for hydroxylation is 2. The number of anilines is 1. The Morgan fingerprint density at radius 1 is 1.12 bits per heavy atom. The van der Waals surface area contributed by atoms with Gasteiger partial charge in [-0.15, -0.1) is 0 Å². The van der Waals surface area contributed by atoms with Crippen LogP contribution in [0.1, 0.15) is 29.0 Å². The SMILES string of the molecule is O=C(Nc1cccc(-c2cn3c(n2)CCCC3)c1)c1ccccc1I. The fourth-order valence-corrected chi connectivity index (χ4v) is 3.78. The van der Waals surface area contributed by atoms with Crippen LogP contribution in [0.25, 0.3) is 11.3 Å². The van der Waals surface area contributed by atoms with Gasteiger partial charge in [-0.3, -0.25) is 4.79 Å². The lowest BCUT2D eigenvalue weighted by Crippen LogP contribution is -2.13. The van der Waals surface area contributed by atoms with Crippen molar-refractivity contribution in [2.45, 2.75) is 25.8 Å². The summed E-state index contributed by atoms with van der Waals surface area (Å²) in [6.45, 7) is 1.05. The largest absolute Gasteiger partial charge is 0.334 e. The van der Waals surface area contributed by atoms with Crippen LogP contribution in [-0.4, -0.2) is 15.5 Å². The molecule has 0 fully saturated rings. The van der Waals surface area contributed by atoms with Gasteiger partial charge in [0, 0.05) is 34.0 Å². The summed E-state index contributed by atoms with van der Waals surface area (Å²) in [5, 5.41) is 2.99. The summed E-state index contributed by atoms with van der Waals surface area (Å²) in [5.41, 5.74) is 3.48. The predicted molar refractivity (Wildman–Crippen MR) is 108 cm³/mol. The average Bonchev–Trinajstić information content (AvgIpc) is 3.06. The van der Waals surface area contributed by atoms with Crippen molar-refractivity contribution in [3.05, 3.63) is 69.7 Å². The molecule has 0 aliphatic carbocycles. The standard InChI is InChI=1S/C20H18IN3O/c21-17-9-2-1-8-16(17)20(25)22-15-7-5-6-14(12-15)18-13-24-11-4-3-10-19(24)23-18/h1-2,5-9,12-13H,3-4,10-11H2,(H,22,25). The number of benzene rings is 2. The van der Waals surface area contributed by atoms with Crippen LogP contribution < -0.4 is 5.32 Å². The highest BCUT2D eigenvalue weighted by molar-refractivity contribution is 14.1. The van der Waals surface area contributed by atoms with Crippen LogP contribution in [0.5, 0.6) is 0 Å². The number of hydrogen-bond acceptors (Lipinski definition) is 2. The fourth-order valence-electron chi connectivity index (χ4n) is 3.15.